The Morgan fingerprint density at radius 1 is 1.56 bits per heavy atom. The highest BCUT2D eigenvalue weighted by atomic mass is 79.9. The molecule has 0 spiro atoms. The lowest BCUT2D eigenvalue weighted by Crippen LogP contribution is -2.40. The number of carbonyl (C=O) groups is 1. The van der Waals surface area contributed by atoms with Crippen LogP contribution in [0.3, 0.4) is 0 Å². The zero-order valence-corrected chi connectivity index (χ0v) is 12.0. The summed E-state index contributed by atoms with van der Waals surface area (Å²) >= 11 is 3.22. The van der Waals surface area contributed by atoms with Gasteiger partial charge in [-0.15, -0.1) is 0 Å². The molecule has 3 nitrogen and oxygen atoms in total. The zero-order valence-electron chi connectivity index (χ0n) is 10.4. The number of unbranched alkanes of at least 4 members (excludes halogenated alkanes) is 1. The van der Waals surface area contributed by atoms with E-state index in [1.54, 1.807) is 6.07 Å². The summed E-state index contributed by atoms with van der Waals surface area (Å²) in [6.07, 6.45) is 2.84. The summed E-state index contributed by atoms with van der Waals surface area (Å²) in [4.78, 5) is 11.9. The lowest BCUT2D eigenvalue weighted by atomic mass is 10.1. The topological polar surface area (TPSA) is 55.1 Å². The molecule has 0 saturated heterocycles. The molecule has 0 saturated carbocycles. The van der Waals surface area contributed by atoms with Crippen molar-refractivity contribution < 1.29 is 9.18 Å². The molecule has 0 heterocycles. The van der Waals surface area contributed by atoms with Gasteiger partial charge in [0, 0.05) is 17.1 Å². The van der Waals surface area contributed by atoms with Gasteiger partial charge in [0.05, 0.1) is 5.56 Å². The molecule has 1 amide bonds. The standard InChI is InChI=1S/C13H18BrFN2O/c1-2-3-4-10(8-16)17-13(18)11-7-9(14)5-6-12(11)15/h5-7,10H,2-4,8,16H2,1H3,(H,17,18). The summed E-state index contributed by atoms with van der Waals surface area (Å²) in [5.74, 6) is -0.942. The van der Waals surface area contributed by atoms with Crippen molar-refractivity contribution in [2.24, 2.45) is 5.73 Å². The number of benzene rings is 1. The van der Waals surface area contributed by atoms with Gasteiger partial charge in [-0.25, -0.2) is 4.39 Å². The monoisotopic (exact) mass is 316 g/mol. The first-order valence-electron chi connectivity index (χ1n) is 6.04. The molecular weight excluding hydrogens is 299 g/mol. The lowest BCUT2D eigenvalue weighted by Gasteiger charge is -2.16. The van der Waals surface area contributed by atoms with Crippen molar-refractivity contribution in [3.05, 3.63) is 34.1 Å². The van der Waals surface area contributed by atoms with E-state index in [2.05, 4.69) is 28.2 Å². The molecule has 1 rings (SSSR count). The first-order valence-corrected chi connectivity index (χ1v) is 6.83. The molecule has 0 aromatic heterocycles. The highest BCUT2D eigenvalue weighted by molar-refractivity contribution is 9.10. The first-order chi connectivity index (χ1) is 8.58. The van der Waals surface area contributed by atoms with E-state index >= 15 is 0 Å². The Hall–Kier alpha value is -0.940. The maximum Gasteiger partial charge on any atom is 0.254 e. The maximum absolute atomic E-state index is 13.5. The van der Waals surface area contributed by atoms with Gasteiger partial charge in [-0.1, -0.05) is 35.7 Å². The third-order valence-corrected chi connectivity index (χ3v) is 3.19. The van der Waals surface area contributed by atoms with Gasteiger partial charge in [0.1, 0.15) is 5.82 Å². The second-order valence-electron chi connectivity index (χ2n) is 4.17. The summed E-state index contributed by atoms with van der Waals surface area (Å²) in [6.45, 7) is 2.44. The predicted molar refractivity (Wildman–Crippen MR) is 73.9 cm³/mol. The van der Waals surface area contributed by atoms with Gasteiger partial charge < -0.3 is 11.1 Å². The highest BCUT2D eigenvalue weighted by Crippen LogP contribution is 2.15. The summed E-state index contributed by atoms with van der Waals surface area (Å²) < 4.78 is 14.2. The van der Waals surface area contributed by atoms with Crippen molar-refractivity contribution in [3.63, 3.8) is 0 Å². The number of hydrogen-bond acceptors (Lipinski definition) is 2. The Bertz CT molecular complexity index is 412. The molecule has 1 atom stereocenters. The number of halogens is 2. The van der Waals surface area contributed by atoms with E-state index in [0.29, 0.717) is 11.0 Å². The van der Waals surface area contributed by atoms with E-state index in [0.717, 1.165) is 19.3 Å². The SMILES string of the molecule is CCCCC(CN)NC(=O)c1cc(Br)ccc1F. The van der Waals surface area contributed by atoms with Gasteiger partial charge in [-0.05, 0) is 24.6 Å². The van der Waals surface area contributed by atoms with Gasteiger partial charge in [0.15, 0.2) is 0 Å². The number of rotatable bonds is 6. The molecule has 100 valence electrons. The summed E-state index contributed by atoms with van der Waals surface area (Å²) in [5.41, 5.74) is 5.63. The zero-order chi connectivity index (χ0) is 13.5. The Morgan fingerprint density at radius 2 is 2.28 bits per heavy atom. The third-order valence-electron chi connectivity index (χ3n) is 2.70. The second-order valence-corrected chi connectivity index (χ2v) is 5.09. The van der Waals surface area contributed by atoms with E-state index in [1.807, 2.05) is 0 Å². The van der Waals surface area contributed by atoms with Gasteiger partial charge in [-0.3, -0.25) is 4.79 Å². The Balaban J connectivity index is 2.71. The molecule has 0 fully saturated rings. The Kier molecular flexibility index (Phi) is 6.29. The molecule has 5 heteroatoms. The van der Waals surface area contributed by atoms with Gasteiger partial charge in [0.2, 0.25) is 0 Å². The van der Waals surface area contributed by atoms with Crippen LogP contribution in [0.5, 0.6) is 0 Å². The first kappa shape index (κ1) is 15.1. The summed E-state index contributed by atoms with van der Waals surface area (Å²) in [6, 6.07) is 4.19. The van der Waals surface area contributed by atoms with E-state index < -0.39 is 11.7 Å². The number of hydrogen-bond donors (Lipinski definition) is 2. The van der Waals surface area contributed by atoms with Crippen LogP contribution >= 0.6 is 15.9 Å². The van der Waals surface area contributed by atoms with Crippen LogP contribution in [0.2, 0.25) is 0 Å². The average Bonchev–Trinajstić information content (AvgIpc) is 2.37. The predicted octanol–water partition coefficient (Wildman–Crippen LogP) is 2.84. The quantitative estimate of drug-likeness (QED) is 0.848. The van der Waals surface area contributed by atoms with Crippen LogP contribution in [0.4, 0.5) is 4.39 Å². The van der Waals surface area contributed by atoms with Crippen molar-refractivity contribution in [2.45, 2.75) is 32.2 Å². The van der Waals surface area contributed by atoms with E-state index in [1.165, 1.54) is 12.1 Å². The molecule has 3 N–H and O–H groups in total. The smallest absolute Gasteiger partial charge is 0.254 e. The molecule has 1 unspecified atom stereocenters. The van der Waals surface area contributed by atoms with Crippen molar-refractivity contribution in [3.8, 4) is 0 Å². The molecule has 0 aliphatic heterocycles. The van der Waals surface area contributed by atoms with Crippen LogP contribution in [0.15, 0.2) is 22.7 Å². The molecule has 0 aliphatic carbocycles. The van der Waals surface area contributed by atoms with E-state index in [4.69, 9.17) is 5.73 Å². The minimum Gasteiger partial charge on any atom is -0.348 e. The van der Waals surface area contributed by atoms with Crippen molar-refractivity contribution in [1.29, 1.82) is 0 Å². The molecule has 1 aromatic rings. The van der Waals surface area contributed by atoms with E-state index in [9.17, 15) is 9.18 Å². The normalized spacial score (nSPS) is 12.2. The van der Waals surface area contributed by atoms with E-state index in [-0.39, 0.29) is 11.6 Å². The second kappa shape index (κ2) is 7.48. The minimum absolute atomic E-state index is 0.0410. The van der Waals surface area contributed by atoms with Crippen LogP contribution in [-0.4, -0.2) is 18.5 Å². The van der Waals surface area contributed by atoms with Crippen LogP contribution in [0, 0.1) is 5.82 Å². The minimum atomic E-state index is -0.526. The largest absolute Gasteiger partial charge is 0.348 e. The summed E-state index contributed by atoms with van der Waals surface area (Å²) in [5, 5.41) is 2.76. The fraction of sp³-hybridized carbons (Fsp3) is 0.462. The molecule has 1 aromatic carbocycles. The Labute approximate surface area is 115 Å². The van der Waals surface area contributed by atoms with Crippen LogP contribution in [0.25, 0.3) is 0 Å². The van der Waals surface area contributed by atoms with Gasteiger partial charge >= 0.3 is 0 Å². The number of amides is 1. The molecular formula is C13H18BrFN2O. The highest BCUT2D eigenvalue weighted by Gasteiger charge is 2.15. The van der Waals surface area contributed by atoms with Crippen molar-refractivity contribution >= 4 is 21.8 Å². The van der Waals surface area contributed by atoms with Gasteiger partial charge in [0.25, 0.3) is 5.91 Å². The van der Waals surface area contributed by atoms with Crippen LogP contribution in [0.1, 0.15) is 36.5 Å². The van der Waals surface area contributed by atoms with Crippen molar-refractivity contribution in [1.82, 2.24) is 5.32 Å². The lowest BCUT2D eigenvalue weighted by molar-refractivity contribution is 0.0931. The molecule has 18 heavy (non-hydrogen) atoms. The number of nitrogens with two attached hydrogens (primary N) is 1. The molecule has 0 bridgehead atoms. The Morgan fingerprint density at radius 3 is 2.89 bits per heavy atom. The summed E-state index contributed by atoms with van der Waals surface area (Å²) in [7, 11) is 0. The average molecular weight is 317 g/mol. The van der Waals surface area contributed by atoms with Crippen molar-refractivity contribution in [2.75, 3.05) is 6.54 Å². The van der Waals surface area contributed by atoms with Crippen LogP contribution in [-0.2, 0) is 0 Å². The molecule has 0 aliphatic rings. The van der Waals surface area contributed by atoms with Crippen LogP contribution < -0.4 is 11.1 Å². The number of carbonyl (C=O) groups excluding carboxylic acids is 1. The maximum atomic E-state index is 13.5. The fourth-order valence-corrected chi connectivity index (χ4v) is 2.00. The fourth-order valence-electron chi connectivity index (χ4n) is 1.63. The third kappa shape index (κ3) is 4.38. The van der Waals surface area contributed by atoms with Gasteiger partial charge in [-0.2, -0.15) is 0 Å². The number of nitrogens with one attached hydrogen (secondary N) is 1. The molecule has 0 radical (unpaired) electrons.